The highest BCUT2D eigenvalue weighted by molar-refractivity contribution is 7.09. The predicted molar refractivity (Wildman–Crippen MR) is 90.9 cm³/mol. The number of hydrogen-bond acceptors (Lipinski definition) is 4. The van der Waals surface area contributed by atoms with E-state index >= 15 is 0 Å². The van der Waals surface area contributed by atoms with Crippen molar-refractivity contribution < 1.29 is 4.74 Å². The smallest absolute Gasteiger partial charge is 0.0547 e. The summed E-state index contributed by atoms with van der Waals surface area (Å²) < 4.78 is 5.74. The van der Waals surface area contributed by atoms with Crippen LogP contribution in [-0.4, -0.2) is 43.3 Å². The number of rotatable bonds is 8. The Morgan fingerprint density at radius 1 is 1.38 bits per heavy atom. The van der Waals surface area contributed by atoms with E-state index in [0.717, 1.165) is 32.8 Å². The number of ether oxygens (including phenoxy) is 1. The second kappa shape index (κ2) is 7.73. The van der Waals surface area contributed by atoms with Crippen molar-refractivity contribution in [1.82, 2.24) is 10.2 Å². The molecule has 1 aromatic heterocycles. The Hall–Kier alpha value is -0.420. The summed E-state index contributed by atoms with van der Waals surface area (Å²) in [5.74, 6) is 0. The number of hydrogen-bond donors (Lipinski definition) is 1. The van der Waals surface area contributed by atoms with E-state index in [9.17, 15) is 0 Å². The first-order valence-electron chi connectivity index (χ1n) is 8.08. The maximum atomic E-state index is 5.74. The van der Waals surface area contributed by atoms with E-state index in [1.807, 2.05) is 11.3 Å². The van der Waals surface area contributed by atoms with E-state index < -0.39 is 0 Å². The fourth-order valence-electron chi connectivity index (χ4n) is 2.84. The van der Waals surface area contributed by atoms with Gasteiger partial charge in [0, 0.05) is 48.6 Å². The third kappa shape index (κ3) is 5.06. The molecule has 21 heavy (non-hydrogen) atoms. The second-order valence-electron chi connectivity index (χ2n) is 6.92. The van der Waals surface area contributed by atoms with Crippen LogP contribution >= 0.6 is 11.3 Å². The maximum Gasteiger partial charge on any atom is 0.0547 e. The van der Waals surface area contributed by atoms with Gasteiger partial charge in [0.05, 0.1) is 6.61 Å². The van der Waals surface area contributed by atoms with Crippen molar-refractivity contribution >= 4 is 11.3 Å². The maximum absolute atomic E-state index is 5.74. The summed E-state index contributed by atoms with van der Waals surface area (Å²) in [6.45, 7) is 14.1. The van der Waals surface area contributed by atoms with Gasteiger partial charge in [-0.1, -0.05) is 19.9 Å². The Balaban J connectivity index is 2.01. The van der Waals surface area contributed by atoms with Crippen LogP contribution in [0.5, 0.6) is 0 Å². The molecule has 1 N–H and O–H groups in total. The topological polar surface area (TPSA) is 24.5 Å². The van der Waals surface area contributed by atoms with E-state index in [1.54, 1.807) is 0 Å². The van der Waals surface area contributed by atoms with Gasteiger partial charge in [-0.3, -0.25) is 4.90 Å². The van der Waals surface area contributed by atoms with Crippen LogP contribution in [0.1, 0.15) is 39.0 Å². The summed E-state index contributed by atoms with van der Waals surface area (Å²) in [5.41, 5.74) is 0.270. The van der Waals surface area contributed by atoms with Gasteiger partial charge in [-0.05, 0) is 31.7 Å². The van der Waals surface area contributed by atoms with Crippen LogP contribution in [0.15, 0.2) is 17.5 Å². The van der Waals surface area contributed by atoms with Crippen LogP contribution in [0.25, 0.3) is 0 Å². The van der Waals surface area contributed by atoms with Gasteiger partial charge in [0.2, 0.25) is 0 Å². The molecule has 2 heterocycles. The van der Waals surface area contributed by atoms with Crippen molar-refractivity contribution in [3.05, 3.63) is 22.4 Å². The van der Waals surface area contributed by atoms with Crippen LogP contribution in [0.3, 0.4) is 0 Å². The van der Waals surface area contributed by atoms with E-state index in [2.05, 4.69) is 55.4 Å². The monoisotopic (exact) mass is 310 g/mol. The summed E-state index contributed by atoms with van der Waals surface area (Å²) in [7, 11) is 0. The third-order valence-corrected chi connectivity index (χ3v) is 5.14. The zero-order valence-electron chi connectivity index (χ0n) is 13.9. The molecular weight excluding hydrogens is 280 g/mol. The molecule has 0 amide bonds. The molecule has 1 aromatic rings. The Morgan fingerprint density at radius 2 is 2.19 bits per heavy atom. The summed E-state index contributed by atoms with van der Waals surface area (Å²) in [6, 6.07) is 5.48. The zero-order valence-corrected chi connectivity index (χ0v) is 14.7. The second-order valence-corrected chi connectivity index (χ2v) is 7.95. The molecule has 1 saturated heterocycles. The SMILES string of the molecule is CC(C)NCC1(CN(Cc2cccs2)C(C)C)CCOC1. The van der Waals surface area contributed by atoms with Gasteiger partial charge < -0.3 is 10.1 Å². The molecule has 120 valence electrons. The lowest BCUT2D eigenvalue weighted by Gasteiger charge is -2.37. The van der Waals surface area contributed by atoms with E-state index in [-0.39, 0.29) is 5.41 Å². The first-order valence-corrected chi connectivity index (χ1v) is 8.96. The predicted octanol–water partition coefficient (Wildman–Crippen LogP) is 3.36. The quantitative estimate of drug-likeness (QED) is 0.797. The Kier molecular flexibility index (Phi) is 6.23. The average molecular weight is 311 g/mol. The molecule has 0 saturated carbocycles. The molecule has 0 spiro atoms. The summed E-state index contributed by atoms with van der Waals surface area (Å²) in [6.07, 6.45) is 1.17. The standard InChI is InChI=1S/C17H30N2OS/c1-14(2)18-11-17(7-8-20-13-17)12-19(15(3)4)10-16-6-5-9-21-16/h5-6,9,14-15,18H,7-8,10-13H2,1-4H3. The molecule has 0 bridgehead atoms. The van der Waals surface area contributed by atoms with Gasteiger partial charge in [0.1, 0.15) is 0 Å². The average Bonchev–Trinajstić information content (AvgIpc) is 3.08. The first-order chi connectivity index (χ1) is 10.0. The van der Waals surface area contributed by atoms with Crippen LogP contribution in [0, 0.1) is 5.41 Å². The Bertz CT molecular complexity index is 397. The molecule has 1 atom stereocenters. The summed E-state index contributed by atoms with van der Waals surface area (Å²) >= 11 is 1.86. The molecule has 1 unspecified atom stereocenters. The summed E-state index contributed by atoms with van der Waals surface area (Å²) in [4.78, 5) is 4.05. The minimum absolute atomic E-state index is 0.270. The van der Waals surface area contributed by atoms with E-state index in [4.69, 9.17) is 4.74 Å². The molecule has 0 aliphatic carbocycles. The van der Waals surface area contributed by atoms with Gasteiger partial charge in [-0.25, -0.2) is 0 Å². The zero-order chi connectivity index (χ0) is 15.3. The van der Waals surface area contributed by atoms with Crippen LogP contribution in [0.2, 0.25) is 0 Å². The van der Waals surface area contributed by atoms with Crippen molar-refractivity contribution in [3.8, 4) is 0 Å². The van der Waals surface area contributed by atoms with Crippen molar-refractivity contribution in [3.63, 3.8) is 0 Å². The molecular formula is C17H30N2OS. The molecule has 4 heteroatoms. The van der Waals surface area contributed by atoms with Gasteiger partial charge >= 0.3 is 0 Å². The van der Waals surface area contributed by atoms with Crippen molar-refractivity contribution in [2.45, 2.75) is 52.7 Å². The molecule has 1 aliphatic rings. The van der Waals surface area contributed by atoms with E-state index in [1.165, 1.54) is 11.3 Å². The van der Waals surface area contributed by atoms with Crippen molar-refractivity contribution in [1.29, 1.82) is 0 Å². The lowest BCUT2D eigenvalue weighted by atomic mass is 9.85. The van der Waals surface area contributed by atoms with E-state index in [0.29, 0.717) is 12.1 Å². The van der Waals surface area contributed by atoms with Crippen LogP contribution in [-0.2, 0) is 11.3 Å². The third-order valence-electron chi connectivity index (χ3n) is 4.28. The highest BCUT2D eigenvalue weighted by Crippen LogP contribution is 2.31. The Morgan fingerprint density at radius 3 is 2.71 bits per heavy atom. The highest BCUT2D eigenvalue weighted by Gasteiger charge is 2.37. The van der Waals surface area contributed by atoms with Crippen molar-refractivity contribution in [2.24, 2.45) is 5.41 Å². The molecule has 1 aliphatic heterocycles. The molecule has 1 fully saturated rings. The lowest BCUT2D eigenvalue weighted by Crippen LogP contribution is -2.47. The Labute approximate surface area is 133 Å². The van der Waals surface area contributed by atoms with Crippen LogP contribution in [0.4, 0.5) is 0 Å². The van der Waals surface area contributed by atoms with Gasteiger partial charge in [-0.15, -0.1) is 11.3 Å². The minimum Gasteiger partial charge on any atom is -0.381 e. The minimum atomic E-state index is 0.270. The normalized spacial score (nSPS) is 22.8. The fraction of sp³-hybridized carbons (Fsp3) is 0.765. The molecule has 2 rings (SSSR count). The summed E-state index contributed by atoms with van der Waals surface area (Å²) in [5, 5.41) is 5.80. The molecule has 0 radical (unpaired) electrons. The van der Waals surface area contributed by atoms with Crippen LogP contribution < -0.4 is 5.32 Å². The largest absolute Gasteiger partial charge is 0.381 e. The van der Waals surface area contributed by atoms with Crippen molar-refractivity contribution in [2.75, 3.05) is 26.3 Å². The number of nitrogens with zero attached hydrogens (tertiary/aromatic N) is 1. The van der Waals surface area contributed by atoms with Gasteiger partial charge in [0.25, 0.3) is 0 Å². The van der Waals surface area contributed by atoms with Gasteiger partial charge in [0.15, 0.2) is 0 Å². The lowest BCUT2D eigenvalue weighted by molar-refractivity contribution is 0.0876. The molecule has 0 aromatic carbocycles. The number of nitrogens with one attached hydrogen (secondary N) is 1. The fourth-order valence-corrected chi connectivity index (χ4v) is 3.57. The highest BCUT2D eigenvalue weighted by atomic mass is 32.1. The molecule has 3 nitrogen and oxygen atoms in total. The number of thiophene rings is 1. The van der Waals surface area contributed by atoms with Gasteiger partial charge in [-0.2, -0.15) is 0 Å². The first kappa shape index (κ1) is 16.9.